The number of Topliss-reactive ketones (excluding diaryl/α,β-unsaturated/α-hetero) is 3. The quantitative estimate of drug-likeness (QED) is 0.375. The van der Waals surface area contributed by atoms with Crippen LogP contribution in [-0.2, 0) is 28.7 Å². The molecule has 2 fully saturated rings. The minimum absolute atomic E-state index is 0.0293. The molecule has 42 heavy (non-hydrogen) atoms. The normalized spacial score (nSPS) is 21.1. The number of dihydropyridines is 1. The molecule has 4 atom stereocenters. The number of anilines is 1. The molecule has 1 saturated heterocycles. The van der Waals surface area contributed by atoms with Crippen LogP contribution in [0.5, 0.6) is 0 Å². The Morgan fingerprint density at radius 1 is 1.14 bits per heavy atom. The smallest absolute Gasteiger partial charge is 0.227 e. The van der Waals surface area contributed by atoms with E-state index in [4.69, 9.17) is 9.53 Å². The topological polar surface area (TPSA) is 110 Å². The number of nitrogens with zero attached hydrogens (tertiary/aromatic N) is 1. The van der Waals surface area contributed by atoms with Crippen molar-refractivity contribution in [3.8, 4) is 0 Å². The largest absolute Gasteiger partial charge is 0.387 e. The van der Waals surface area contributed by atoms with Gasteiger partial charge in [0.1, 0.15) is 24.2 Å². The second kappa shape index (κ2) is 15.7. The molecule has 228 valence electrons. The SMILES string of the molecule is C=O.COC(C)C(C[C@@H]1CC(=O)N(c2ccc(C3CCC(=O)CC3)c(F)c2)C1)C(=O)CC(C)CC(=O)C1=CCNC=C1. The number of methoxy groups -OCH3 is 1. The molecule has 0 radical (unpaired) electrons. The second-order valence-electron chi connectivity index (χ2n) is 11.7. The third-order valence-electron chi connectivity index (χ3n) is 8.65. The van der Waals surface area contributed by atoms with Crippen molar-refractivity contribution in [3.63, 3.8) is 0 Å². The maximum absolute atomic E-state index is 15.1. The first kappa shape index (κ1) is 33.0. The Kier molecular flexibility index (Phi) is 12.3. The van der Waals surface area contributed by atoms with Crippen LogP contribution in [0.1, 0.15) is 76.7 Å². The molecule has 3 aliphatic rings. The van der Waals surface area contributed by atoms with E-state index < -0.39 is 5.92 Å². The van der Waals surface area contributed by atoms with Gasteiger partial charge in [0.25, 0.3) is 0 Å². The highest BCUT2D eigenvalue weighted by molar-refractivity contribution is 5.98. The van der Waals surface area contributed by atoms with Crippen molar-refractivity contribution in [2.45, 2.75) is 77.2 Å². The van der Waals surface area contributed by atoms with Gasteiger partial charge in [0.15, 0.2) is 5.78 Å². The van der Waals surface area contributed by atoms with Crippen LogP contribution in [0.25, 0.3) is 0 Å². The molecule has 2 aliphatic heterocycles. The van der Waals surface area contributed by atoms with E-state index in [-0.39, 0.29) is 65.8 Å². The van der Waals surface area contributed by atoms with Gasteiger partial charge in [0.2, 0.25) is 5.91 Å². The minimum atomic E-state index is -0.397. The van der Waals surface area contributed by atoms with Gasteiger partial charge in [-0.1, -0.05) is 19.1 Å². The standard InChI is InChI=1S/C32H41FN2O5.CH2O/c1-20(14-30(37)24-10-12-34-13-11-24)15-31(38)28(21(2)40-3)16-22-17-32(39)35(19-22)25-6-9-27(29(33)18-25)23-4-7-26(36)8-5-23;1-2/h6,9-12,18,20-23,28,34H,4-5,7-8,13-17,19H2,1-3H3;1H2/t20?,21?,22-,28?;/m1./s1. The van der Waals surface area contributed by atoms with E-state index in [1.165, 1.54) is 6.07 Å². The zero-order valence-corrected chi connectivity index (χ0v) is 24.9. The number of hydrogen-bond donors (Lipinski definition) is 1. The molecule has 1 amide bonds. The Hall–Kier alpha value is -3.46. The summed E-state index contributed by atoms with van der Waals surface area (Å²) in [7, 11) is 1.58. The lowest BCUT2D eigenvalue weighted by molar-refractivity contribution is -0.129. The van der Waals surface area contributed by atoms with Gasteiger partial charge in [-0.2, -0.15) is 0 Å². The maximum Gasteiger partial charge on any atom is 0.227 e. The fourth-order valence-corrected chi connectivity index (χ4v) is 6.22. The minimum Gasteiger partial charge on any atom is -0.387 e. The number of allylic oxidation sites excluding steroid dienone is 2. The Morgan fingerprint density at radius 2 is 1.86 bits per heavy atom. The molecule has 1 N–H and O–H groups in total. The van der Waals surface area contributed by atoms with Crippen molar-refractivity contribution < 1.29 is 33.1 Å². The second-order valence-corrected chi connectivity index (χ2v) is 11.7. The first-order chi connectivity index (χ1) is 20.2. The van der Waals surface area contributed by atoms with Gasteiger partial charge in [-0.3, -0.25) is 19.2 Å². The molecular weight excluding hydrogens is 539 g/mol. The number of nitrogens with one attached hydrogen (secondary N) is 1. The van der Waals surface area contributed by atoms with E-state index in [0.717, 1.165) is 0 Å². The Bertz CT molecular complexity index is 1200. The monoisotopic (exact) mass is 582 g/mol. The van der Waals surface area contributed by atoms with Crippen LogP contribution in [0.2, 0.25) is 0 Å². The summed E-state index contributed by atoms with van der Waals surface area (Å²) in [5, 5.41) is 3.03. The lowest BCUT2D eigenvalue weighted by Gasteiger charge is -2.26. The van der Waals surface area contributed by atoms with Crippen molar-refractivity contribution in [2.24, 2.45) is 17.8 Å². The molecule has 3 unspecified atom stereocenters. The van der Waals surface area contributed by atoms with Crippen LogP contribution >= 0.6 is 0 Å². The highest BCUT2D eigenvalue weighted by Gasteiger charge is 2.36. The Morgan fingerprint density at radius 3 is 2.48 bits per heavy atom. The third-order valence-corrected chi connectivity index (χ3v) is 8.65. The molecule has 4 rings (SSSR count). The Labute approximate surface area is 247 Å². The maximum atomic E-state index is 15.1. The van der Waals surface area contributed by atoms with E-state index in [1.54, 1.807) is 36.4 Å². The molecule has 1 saturated carbocycles. The molecular formula is C33H43FN2O6. The number of carbonyl (C=O) groups excluding carboxylic acids is 5. The van der Waals surface area contributed by atoms with Crippen LogP contribution in [-0.4, -0.2) is 56.3 Å². The van der Waals surface area contributed by atoms with Gasteiger partial charge in [0, 0.05) is 69.5 Å². The van der Waals surface area contributed by atoms with Crippen molar-refractivity contribution >= 4 is 35.7 Å². The number of carbonyl (C=O) groups is 5. The summed E-state index contributed by atoms with van der Waals surface area (Å²) < 4.78 is 20.6. The summed E-state index contributed by atoms with van der Waals surface area (Å²) in [5.41, 5.74) is 1.80. The summed E-state index contributed by atoms with van der Waals surface area (Å²) in [5.74, 6) is -0.662. The number of ketones is 3. The molecule has 1 aromatic carbocycles. The summed E-state index contributed by atoms with van der Waals surface area (Å²) in [4.78, 5) is 60.1. The molecule has 0 aromatic heterocycles. The van der Waals surface area contributed by atoms with Crippen LogP contribution in [0.4, 0.5) is 10.1 Å². The number of rotatable bonds is 12. The van der Waals surface area contributed by atoms with Crippen LogP contribution in [0, 0.1) is 23.6 Å². The zero-order chi connectivity index (χ0) is 30.8. The van der Waals surface area contributed by atoms with E-state index in [0.29, 0.717) is 68.4 Å². The first-order valence-electron chi connectivity index (χ1n) is 14.7. The average molecular weight is 583 g/mol. The van der Waals surface area contributed by atoms with E-state index >= 15 is 4.39 Å². The average Bonchev–Trinajstić information content (AvgIpc) is 3.37. The highest BCUT2D eigenvalue weighted by atomic mass is 19.1. The molecule has 0 spiro atoms. The number of ether oxygens (including phenoxy) is 1. The fourth-order valence-electron chi connectivity index (χ4n) is 6.22. The Balaban J connectivity index is 0.00000237. The molecule has 0 bridgehead atoms. The number of hydrogen-bond acceptors (Lipinski definition) is 7. The van der Waals surface area contributed by atoms with Crippen molar-refractivity contribution in [1.82, 2.24) is 5.32 Å². The molecule has 1 aromatic rings. The van der Waals surface area contributed by atoms with Crippen LogP contribution in [0.15, 0.2) is 42.1 Å². The van der Waals surface area contributed by atoms with Crippen LogP contribution < -0.4 is 10.2 Å². The van der Waals surface area contributed by atoms with Crippen LogP contribution in [0.3, 0.4) is 0 Å². The van der Waals surface area contributed by atoms with Gasteiger partial charge >= 0.3 is 0 Å². The van der Waals surface area contributed by atoms with Crippen molar-refractivity contribution in [2.75, 3.05) is 25.1 Å². The fraction of sp³-hybridized carbons (Fsp3) is 0.545. The summed E-state index contributed by atoms with van der Waals surface area (Å²) in [6, 6.07) is 4.98. The van der Waals surface area contributed by atoms with Crippen molar-refractivity contribution in [3.05, 3.63) is 53.5 Å². The first-order valence-corrected chi connectivity index (χ1v) is 14.7. The highest BCUT2D eigenvalue weighted by Crippen LogP contribution is 2.36. The summed E-state index contributed by atoms with van der Waals surface area (Å²) in [6.45, 7) is 6.82. The number of benzene rings is 1. The summed E-state index contributed by atoms with van der Waals surface area (Å²) >= 11 is 0. The number of amides is 1. The van der Waals surface area contributed by atoms with E-state index in [2.05, 4.69) is 5.32 Å². The van der Waals surface area contributed by atoms with E-state index in [1.807, 2.05) is 26.7 Å². The lowest BCUT2D eigenvalue weighted by atomic mass is 9.83. The lowest BCUT2D eigenvalue weighted by Crippen LogP contribution is -2.32. The molecule has 2 heterocycles. The predicted molar refractivity (Wildman–Crippen MR) is 158 cm³/mol. The van der Waals surface area contributed by atoms with Gasteiger partial charge in [-0.05, 0) is 73.9 Å². The van der Waals surface area contributed by atoms with E-state index in [9.17, 15) is 19.2 Å². The predicted octanol–water partition coefficient (Wildman–Crippen LogP) is 4.86. The third kappa shape index (κ3) is 8.53. The van der Waals surface area contributed by atoms with Gasteiger partial charge in [-0.25, -0.2) is 4.39 Å². The van der Waals surface area contributed by atoms with Gasteiger partial charge in [0.05, 0.1) is 6.10 Å². The molecule has 9 heteroatoms. The van der Waals surface area contributed by atoms with Crippen molar-refractivity contribution in [1.29, 1.82) is 0 Å². The molecule has 8 nitrogen and oxygen atoms in total. The number of halogens is 1. The van der Waals surface area contributed by atoms with Gasteiger partial charge < -0.3 is 19.7 Å². The summed E-state index contributed by atoms with van der Waals surface area (Å²) in [6.07, 6.45) is 8.68. The van der Waals surface area contributed by atoms with Gasteiger partial charge in [-0.15, -0.1) is 0 Å². The molecule has 1 aliphatic carbocycles. The zero-order valence-electron chi connectivity index (χ0n) is 24.9.